The number of ether oxygens (including phenoxy) is 1. The number of halogens is 2. The van der Waals surface area contributed by atoms with Gasteiger partial charge in [0.1, 0.15) is 5.82 Å². The largest absolute Gasteiger partial charge is 0.449 e. The maximum Gasteiger partial charge on any atom is 0.340 e. The molecule has 1 atom stereocenters. The maximum atomic E-state index is 13.2. The van der Waals surface area contributed by atoms with Crippen LogP contribution in [0.15, 0.2) is 47.4 Å². The van der Waals surface area contributed by atoms with Gasteiger partial charge in [0.05, 0.1) is 21.2 Å². The minimum atomic E-state index is -3.64. The number of rotatable bonds is 6. The van der Waals surface area contributed by atoms with E-state index in [-0.39, 0.29) is 26.9 Å². The van der Waals surface area contributed by atoms with Crippen molar-refractivity contribution in [1.29, 1.82) is 0 Å². The Kier molecular flexibility index (Phi) is 6.56. The lowest BCUT2D eigenvalue weighted by atomic mass is 10.2. The molecule has 0 radical (unpaired) electrons. The quantitative estimate of drug-likeness (QED) is 0.732. The molecule has 0 aliphatic rings. The Balaban J connectivity index is 2.14. The number of benzene rings is 2. The van der Waals surface area contributed by atoms with Gasteiger partial charge in [-0.3, -0.25) is 4.79 Å². The monoisotopic (exact) mass is 413 g/mol. The first-order valence-electron chi connectivity index (χ1n) is 7.94. The number of amides is 1. The summed E-state index contributed by atoms with van der Waals surface area (Å²) >= 11 is 5.65. The van der Waals surface area contributed by atoms with Gasteiger partial charge in [-0.25, -0.2) is 17.6 Å². The minimum absolute atomic E-state index is 0.149. The first-order valence-corrected chi connectivity index (χ1v) is 9.97. The van der Waals surface area contributed by atoms with Crippen molar-refractivity contribution in [3.8, 4) is 0 Å². The van der Waals surface area contributed by atoms with Crippen LogP contribution in [0.25, 0.3) is 0 Å². The number of nitrogens with one attached hydrogen (secondary N) is 1. The first kappa shape index (κ1) is 20.9. The van der Waals surface area contributed by atoms with Crippen LogP contribution in [-0.4, -0.2) is 32.2 Å². The fourth-order valence-corrected chi connectivity index (χ4v) is 3.42. The normalized spacial score (nSPS) is 12.3. The second-order valence-electron chi connectivity index (χ2n) is 5.57. The average molecular weight is 414 g/mol. The van der Waals surface area contributed by atoms with Crippen LogP contribution in [0.3, 0.4) is 0 Å². The average Bonchev–Trinajstić information content (AvgIpc) is 2.64. The van der Waals surface area contributed by atoms with Gasteiger partial charge in [-0.15, -0.1) is 0 Å². The van der Waals surface area contributed by atoms with Crippen LogP contribution in [0, 0.1) is 5.82 Å². The van der Waals surface area contributed by atoms with Gasteiger partial charge in [0.2, 0.25) is 0 Å². The van der Waals surface area contributed by atoms with Gasteiger partial charge in [0.15, 0.2) is 15.9 Å². The zero-order valence-corrected chi connectivity index (χ0v) is 16.1. The fourth-order valence-electron chi connectivity index (χ4n) is 2.16. The molecule has 144 valence electrons. The van der Waals surface area contributed by atoms with Crippen LogP contribution < -0.4 is 5.32 Å². The summed E-state index contributed by atoms with van der Waals surface area (Å²) in [6, 6.07) is 9.21. The van der Waals surface area contributed by atoms with Crippen LogP contribution in [0.4, 0.5) is 10.1 Å². The van der Waals surface area contributed by atoms with Crippen molar-refractivity contribution in [2.75, 3.05) is 11.1 Å². The zero-order chi connectivity index (χ0) is 20.2. The molecule has 0 aliphatic heterocycles. The Morgan fingerprint density at radius 2 is 1.89 bits per heavy atom. The summed E-state index contributed by atoms with van der Waals surface area (Å²) in [6.07, 6.45) is -1.22. The number of esters is 1. The van der Waals surface area contributed by atoms with E-state index in [0.717, 1.165) is 6.07 Å². The molecular formula is C18H17ClFNO5S. The molecule has 2 aromatic carbocycles. The third kappa shape index (κ3) is 5.05. The van der Waals surface area contributed by atoms with Crippen molar-refractivity contribution in [1.82, 2.24) is 0 Å². The van der Waals surface area contributed by atoms with Gasteiger partial charge in [-0.2, -0.15) is 0 Å². The molecule has 0 aliphatic carbocycles. The summed E-state index contributed by atoms with van der Waals surface area (Å²) in [5, 5.41) is 2.27. The molecule has 0 unspecified atom stereocenters. The molecule has 0 fully saturated rings. The lowest BCUT2D eigenvalue weighted by Crippen LogP contribution is -2.30. The Morgan fingerprint density at radius 3 is 2.52 bits per heavy atom. The predicted molar refractivity (Wildman–Crippen MR) is 99.1 cm³/mol. The Hall–Kier alpha value is -2.45. The van der Waals surface area contributed by atoms with E-state index in [1.807, 2.05) is 0 Å². The van der Waals surface area contributed by atoms with Gasteiger partial charge in [0, 0.05) is 5.69 Å². The molecule has 2 aromatic rings. The molecule has 0 bridgehead atoms. The molecule has 1 amide bonds. The standard InChI is InChI=1S/C18H17ClFNO5S/c1-3-27(24,25)16-7-5-4-6-13(16)18(23)26-11(2)17(22)21-12-8-9-15(20)14(19)10-12/h4-11H,3H2,1-2H3,(H,21,22)/t11-/m0/s1. The zero-order valence-electron chi connectivity index (χ0n) is 14.5. The molecule has 0 saturated heterocycles. The molecule has 0 heterocycles. The fraction of sp³-hybridized carbons (Fsp3) is 0.222. The summed E-state index contributed by atoms with van der Waals surface area (Å²) in [5.74, 6) is -2.44. The van der Waals surface area contributed by atoms with E-state index in [0.29, 0.717) is 0 Å². The molecule has 6 nitrogen and oxygen atoms in total. The minimum Gasteiger partial charge on any atom is -0.449 e. The molecular weight excluding hydrogens is 397 g/mol. The van der Waals surface area contributed by atoms with E-state index in [1.165, 1.54) is 50.2 Å². The van der Waals surface area contributed by atoms with Crippen LogP contribution >= 0.6 is 11.6 Å². The highest BCUT2D eigenvalue weighted by Gasteiger charge is 2.25. The van der Waals surface area contributed by atoms with E-state index in [4.69, 9.17) is 16.3 Å². The highest BCUT2D eigenvalue weighted by molar-refractivity contribution is 7.91. The molecule has 9 heteroatoms. The third-order valence-electron chi connectivity index (χ3n) is 3.66. The van der Waals surface area contributed by atoms with E-state index < -0.39 is 33.6 Å². The van der Waals surface area contributed by atoms with Gasteiger partial charge in [0.25, 0.3) is 5.91 Å². The molecule has 27 heavy (non-hydrogen) atoms. The Morgan fingerprint density at radius 1 is 1.22 bits per heavy atom. The second kappa shape index (κ2) is 8.49. The Bertz CT molecular complexity index is 977. The van der Waals surface area contributed by atoms with Crippen molar-refractivity contribution in [3.63, 3.8) is 0 Å². The highest BCUT2D eigenvalue weighted by Crippen LogP contribution is 2.21. The first-order chi connectivity index (χ1) is 12.7. The van der Waals surface area contributed by atoms with Crippen molar-refractivity contribution < 1.29 is 27.1 Å². The van der Waals surface area contributed by atoms with Crippen LogP contribution in [0.1, 0.15) is 24.2 Å². The summed E-state index contributed by atoms with van der Waals surface area (Å²) in [5.41, 5.74) is 0.0760. The summed E-state index contributed by atoms with van der Waals surface area (Å²) < 4.78 is 42.5. The number of hydrogen-bond acceptors (Lipinski definition) is 5. The van der Waals surface area contributed by atoms with Gasteiger partial charge in [-0.1, -0.05) is 30.7 Å². The topological polar surface area (TPSA) is 89.5 Å². The molecule has 0 saturated carbocycles. The van der Waals surface area contributed by atoms with Crippen molar-refractivity contribution in [3.05, 3.63) is 58.9 Å². The number of carbonyl (C=O) groups is 2. The smallest absolute Gasteiger partial charge is 0.340 e. The summed E-state index contributed by atoms with van der Waals surface area (Å²) in [4.78, 5) is 24.4. The van der Waals surface area contributed by atoms with Crippen molar-refractivity contribution >= 4 is 39.0 Å². The van der Waals surface area contributed by atoms with E-state index in [9.17, 15) is 22.4 Å². The summed E-state index contributed by atoms with van der Waals surface area (Å²) in [6.45, 7) is 2.79. The molecule has 1 N–H and O–H groups in total. The second-order valence-corrected chi connectivity index (χ2v) is 8.22. The number of carbonyl (C=O) groups excluding carboxylic acids is 2. The lowest BCUT2D eigenvalue weighted by Gasteiger charge is -2.15. The van der Waals surface area contributed by atoms with Crippen LogP contribution in [0.5, 0.6) is 0 Å². The van der Waals surface area contributed by atoms with Gasteiger partial charge < -0.3 is 10.1 Å². The maximum absolute atomic E-state index is 13.2. The lowest BCUT2D eigenvalue weighted by molar-refractivity contribution is -0.123. The van der Waals surface area contributed by atoms with E-state index in [2.05, 4.69) is 5.32 Å². The number of sulfone groups is 1. The van der Waals surface area contributed by atoms with Gasteiger partial charge >= 0.3 is 5.97 Å². The van der Waals surface area contributed by atoms with E-state index in [1.54, 1.807) is 0 Å². The SMILES string of the molecule is CCS(=O)(=O)c1ccccc1C(=O)O[C@@H](C)C(=O)Nc1ccc(F)c(Cl)c1. The van der Waals surface area contributed by atoms with E-state index >= 15 is 0 Å². The van der Waals surface area contributed by atoms with Crippen molar-refractivity contribution in [2.45, 2.75) is 24.8 Å². The van der Waals surface area contributed by atoms with Crippen LogP contribution in [0.2, 0.25) is 5.02 Å². The molecule has 2 rings (SSSR count). The number of hydrogen-bond donors (Lipinski definition) is 1. The predicted octanol–water partition coefficient (Wildman–Crippen LogP) is 3.46. The number of anilines is 1. The van der Waals surface area contributed by atoms with Crippen LogP contribution in [-0.2, 0) is 19.4 Å². The van der Waals surface area contributed by atoms with Crippen molar-refractivity contribution in [2.24, 2.45) is 0 Å². The Labute approximate surface area is 161 Å². The molecule has 0 aromatic heterocycles. The molecule has 0 spiro atoms. The third-order valence-corrected chi connectivity index (χ3v) is 5.74. The van der Waals surface area contributed by atoms with Gasteiger partial charge in [-0.05, 0) is 37.3 Å². The summed E-state index contributed by atoms with van der Waals surface area (Å²) in [7, 11) is -3.64. The highest BCUT2D eigenvalue weighted by atomic mass is 35.5.